The van der Waals surface area contributed by atoms with E-state index in [4.69, 9.17) is 4.74 Å². The highest BCUT2D eigenvalue weighted by molar-refractivity contribution is 5.82. The minimum absolute atomic E-state index is 0.359. The Labute approximate surface area is 151 Å². The van der Waals surface area contributed by atoms with Crippen molar-refractivity contribution in [3.63, 3.8) is 0 Å². The van der Waals surface area contributed by atoms with Gasteiger partial charge in [-0.3, -0.25) is 9.59 Å². The topological polar surface area (TPSA) is 49.9 Å². The molecule has 0 amide bonds. The Hall–Kier alpha value is -3.08. The van der Waals surface area contributed by atoms with Gasteiger partial charge in [-0.25, -0.2) is 0 Å². The number of anilines is 2. The highest BCUT2D eigenvalue weighted by Crippen LogP contribution is 2.28. The van der Waals surface area contributed by atoms with Crippen molar-refractivity contribution in [2.24, 2.45) is 0 Å². The van der Waals surface area contributed by atoms with E-state index in [1.165, 1.54) is 0 Å². The molecule has 1 aliphatic heterocycles. The molecule has 5 nitrogen and oxygen atoms in total. The Morgan fingerprint density at radius 1 is 0.769 bits per heavy atom. The third kappa shape index (κ3) is 2.75. The zero-order valence-corrected chi connectivity index (χ0v) is 14.6. The Morgan fingerprint density at radius 2 is 1.38 bits per heavy atom. The van der Waals surface area contributed by atoms with Crippen LogP contribution >= 0.6 is 0 Å². The summed E-state index contributed by atoms with van der Waals surface area (Å²) in [7, 11) is 1.66. The van der Waals surface area contributed by atoms with Crippen molar-refractivity contribution in [1.82, 2.24) is 0 Å². The molecule has 0 spiro atoms. The third-order valence-electron chi connectivity index (χ3n) is 4.98. The van der Waals surface area contributed by atoms with Crippen LogP contribution in [-0.4, -0.2) is 33.3 Å². The van der Waals surface area contributed by atoms with Gasteiger partial charge in [-0.15, -0.1) is 0 Å². The van der Waals surface area contributed by atoms with Crippen LogP contribution in [0.25, 0.3) is 11.1 Å². The van der Waals surface area contributed by atoms with E-state index >= 15 is 0 Å². The summed E-state index contributed by atoms with van der Waals surface area (Å²) in [6.45, 7) is 3.05. The predicted molar refractivity (Wildman–Crippen MR) is 104 cm³/mol. The predicted octanol–water partition coefficient (Wildman–Crippen LogP) is 2.28. The molecule has 0 atom stereocenters. The lowest BCUT2D eigenvalue weighted by Crippen LogP contribution is -2.51. The number of hydrogen-bond donors (Lipinski definition) is 0. The number of piperazine rings is 1. The molecule has 3 aromatic rings. The van der Waals surface area contributed by atoms with Crippen LogP contribution in [0.4, 0.5) is 11.4 Å². The van der Waals surface area contributed by atoms with E-state index in [9.17, 15) is 9.59 Å². The van der Waals surface area contributed by atoms with Crippen LogP contribution in [0.1, 0.15) is 0 Å². The number of methoxy groups -OCH3 is 1. The lowest BCUT2D eigenvalue weighted by atomic mass is 9.97. The summed E-state index contributed by atoms with van der Waals surface area (Å²) in [6, 6.07) is 17.4. The second-order valence-corrected chi connectivity index (χ2v) is 6.42. The van der Waals surface area contributed by atoms with E-state index in [-0.39, 0.29) is 10.9 Å². The van der Waals surface area contributed by atoms with E-state index in [0.717, 1.165) is 43.2 Å². The molecule has 1 aliphatic rings. The summed E-state index contributed by atoms with van der Waals surface area (Å²) in [5.41, 5.74) is 2.37. The van der Waals surface area contributed by atoms with Crippen LogP contribution in [-0.2, 0) is 0 Å². The van der Waals surface area contributed by atoms with Crippen LogP contribution < -0.4 is 25.4 Å². The fourth-order valence-electron chi connectivity index (χ4n) is 3.54. The lowest BCUT2D eigenvalue weighted by Gasteiger charge is -2.38. The second-order valence-electron chi connectivity index (χ2n) is 6.42. The van der Waals surface area contributed by atoms with Gasteiger partial charge >= 0.3 is 0 Å². The zero-order valence-electron chi connectivity index (χ0n) is 14.6. The van der Waals surface area contributed by atoms with Gasteiger partial charge < -0.3 is 14.5 Å². The van der Waals surface area contributed by atoms with Crippen LogP contribution in [0.5, 0.6) is 5.75 Å². The fraction of sp³-hybridized carbons (Fsp3) is 0.238. The Morgan fingerprint density at radius 3 is 2.00 bits per heavy atom. The second kappa shape index (κ2) is 6.67. The SMILES string of the molecule is COc1ccc(N2CCN(c3c(-c4ccccc4)c(=O)c3=O)CC2)cc1. The molecule has 0 N–H and O–H groups in total. The summed E-state index contributed by atoms with van der Waals surface area (Å²) in [4.78, 5) is 28.6. The van der Waals surface area contributed by atoms with E-state index in [1.807, 2.05) is 59.5 Å². The molecule has 1 fully saturated rings. The highest BCUT2D eigenvalue weighted by atomic mass is 16.5. The number of ether oxygens (including phenoxy) is 1. The molecule has 1 saturated heterocycles. The Bertz CT molecular complexity index is 965. The molecule has 4 rings (SSSR count). The van der Waals surface area contributed by atoms with Crippen molar-refractivity contribution in [3.05, 3.63) is 75.0 Å². The van der Waals surface area contributed by atoms with Crippen LogP contribution in [0.15, 0.2) is 64.2 Å². The maximum Gasteiger partial charge on any atom is 0.250 e. The molecular formula is C21H20N2O3. The first-order chi connectivity index (χ1) is 12.7. The molecule has 0 aromatic heterocycles. The van der Waals surface area contributed by atoms with Gasteiger partial charge in [-0.2, -0.15) is 0 Å². The van der Waals surface area contributed by atoms with Gasteiger partial charge in [0.2, 0.25) is 10.9 Å². The van der Waals surface area contributed by atoms with Gasteiger partial charge in [-0.1, -0.05) is 30.3 Å². The van der Waals surface area contributed by atoms with Crippen LogP contribution in [0, 0.1) is 0 Å². The molecule has 1 heterocycles. The van der Waals surface area contributed by atoms with Gasteiger partial charge in [0.25, 0.3) is 0 Å². The first kappa shape index (κ1) is 16.4. The summed E-state index contributed by atoms with van der Waals surface area (Å²) >= 11 is 0. The van der Waals surface area contributed by atoms with Gasteiger partial charge in [0.1, 0.15) is 11.4 Å². The number of nitrogens with zero attached hydrogens (tertiary/aromatic N) is 2. The van der Waals surface area contributed by atoms with Gasteiger partial charge in [-0.05, 0) is 29.8 Å². The van der Waals surface area contributed by atoms with E-state index in [2.05, 4.69) is 4.90 Å². The first-order valence-corrected chi connectivity index (χ1v) is 8.71. The molecule has 0 unspecified atom stereocenters. The number of hydrogen-bond acceptors (Lipinski definition) is 5. The van der Waals surface area contributed by atoms with E-state index in [1.54, 1.807) is 7.11 Å². The average molecular weight is 348 g/mol. The van der Waals surface area contributed by atoms with Crippen LogP contribution in [0.3, 0.4) is 0 Å². The zero-order chi connectivity index (χ0) is 18.1. The Kier molecular flexibility index (Phi) is 4.21. The smallest absolute Gasteiger partial charge is 0.250 e. The molecule has 0 radical (unpaired) electrons. The quantitative estimate of drug-likeness (QED) is 0.677. The minimum atomic E-state index is -0.371. The van der Waals surface area contributed by atoms with E-state index < -0.39 is 0 Å². The molecule has 5 heteroatoms. The van der Waals surface area contributed by atoms with Crippen molar-refractivity contribution < 1.29 is 4.74 Å². The molecule has 3 aromatic carbocycles. The standard InChI is InChI=1S/C21H20N2O3/c1-26-17-9-7-16(8-10-17)22-11-13-23(14-12-22)19-18(20(24)21(19)25)15-5-3-2-4-6-15/h2-10H,11-14H2,1H3. The van der Waals surface area contributed by atoms with Gasteiger partial charge in [0, 0.05) is 31.9 Å². The summed E-state index contributed by atoms with van der Waals surface area (Å²) in [6.07, 6.45) is 0. The lowest BCUT2D eigenvalue weighted by molar-refractivity contribution is 0.415. The van der Waals surface area contributed by atoms with Crippen molar-refractivity contribution in [3.8, 4) is 16.9 Å². The Balaban J connectivity index is 1.51. The monoisotopic (exact) mass is 348 g/mol. The average Bonchev–Trinajstić information content (AvgIpc) is 2.72. The molecular weight excluding hydrogens is 328 g/mol. The molecule has 0 bridgehead atoms. The number of benzene rings is 2. The molecule has 0 saturated carbocycles. The number of rotatable bonds is 4. The molecule has 26 heavy (non-hydrogen) atoms. The highest BCUT2D eigenvalue weighted by Gasteiger charge is 2.29. The summed E-state index contributed by atoms with van der Waals surface area (Å²) in [5.74, 6) is 0.837. The van der Waals surface area contributed by atoms with Crippen molar-refractivity contribution >= 4 is 11.4 Å². The first-order valence-electron chi connectivity index (χ1n) is 8.71. The van der Waals surface area contributed by atoms with Crippen molar-refractivity contribution in [2.45, 2.75) is 0 Å². The van der Waals surface area contributed by atoms with Crippen molar-refractivity contribution in [2.75, 3.05) is 43.1 Å². The normalized spacial score (nSPS) is 14.7. The fourth-order valence-corrected chi connectivity index (χ4v) is 3.54. The maximum absolute atomic E-state index is 12.2. The molecule has 0 aliphatic carbocycles. The molecule has 132 valence electrons. The van der Waals surface area contributed by atoms with Crippen LogP contribution in [0.2, 0.25) is 0 Å². The third-order valence-corrected chi connectivity index (χ3v) is 4.98. The largest absolute Gasteiger partial charge is 0.497 e. The van der Waals surface area contributed by atoms with Gasteiger partial charge in [0.15, 0.2) is 0 Å². The summed E-state index contributed by atoms with van der Waals surface area (Å²) in [5, 5.41) is 0. The maximum atomic E-state index is 12.2. The summed E-state index contributed by atoms with van der Waals surface area (Å²) < 4.78 is 5.20. The van der Waals surface area contributed by atoms with Gasteiger partial charge in [0.05, 0.1) is 12.7 Å². The van der Waals surface area contributed by atoms with E-state index in [0.29, 0.717) is 11.3 Å². The van der Waals surface area contributed by atoms with Crippen molar-refractivity contribution in [1.29, 1.82) is 0 Å². The minimum Gasteiger partial charge on any atom is -0.497 e.